The molecule has 0 radical (unpaired) electrons. The number of carbonyl (C=O) groups is 3. The predicted molar refractivity (Wildman–Crippen MR) is 136 cm³/mol. The van der Waals surface area contributed by atoms with E-state index in [4.69, 9.17) is 5.11 Å². The van der Waals surface area contributed by atoms with Crippen molar-refractivity contribution in [2.24, 2.45) is 0 Å². The summed E-state index contributed by atoms with van der Waals surface area (Å²) in [5, 5.41) is 15.1. The van der Waals surface area contributed by atoms with Crippen molar-refractivity contribution in [3.8, 4) is 0 Å². The van der Waals surface area contributed by atoms with Gasteiger partial charge in [-0.1, -0.05) is 32.0 Å². The lowest BCUT2D eigenvalue weighted by Gasteiger charge is -2.31. The van der Waals surface area contributed by atoms with Gasteiger partial charge in [-0.15, -0.1) is 0 Å². The first-order valence-corrected chi connectivity index (χ1v) is 12.7. The van der Waals surface area contributed by atoms with E-state index >= 15 is 0 Å². The van der Waals surface area contributed by atoms with Crippen molar-refractivity contribution in [1.29, 1.82) is 0 Å². The molecule has 0 aromatic heterocycles. The molecule has 0 bridgehead atoms. The van der Waals surface area contributed by atoms with E-state index in [1.807, 2.05) is 24.3 Å². The van der Waals surface area contributed by atoms with Crippen LogP contribution in [0.3, 0.4) is 0 Å². The molecule has 8 heteroatoms. The van der Waals surface area contributed by atoms with Crippen molar-refractivity contribution in [1.82, 2.24) is 10.2 Å². The Balaban J connectivity index is 1.30. The Morgan fingerprint density at radius 1 is 1.00 bits per heavy atom. The van der Waals surface area contributed by atoms with Crippen molar-refractivity contribution in [3.05, 3.63) is 65.0 Å². The first kappa shape index (κ1) is 25.7. The molecule has 192 valence electrons. The quantitative estimate of drug-likeness (QED) is 0.494. The van der Waals surface area contributed by atoms with Crippen LogP contribution in [0.1, 0.15) is 85.7 Å². The molecule has 2 fully saturated rings. The Morgan fingerprint density at radius 2 is 1.69 bits per heavy atom. The number of benzene rings is 2. The largest absolute Gasteiger partial charge is 0.478 e. The van der Waals surface area contributed by atoms with Crippen LogP contribution >= 0.6 is 0 Å². The molecular formula is C28H34FN3O4. The van der Waals surface area contributed by atoms with Crippen LogP contribution in [0.25, 0.3) is 0 Å². The number of hydrogen-bond acceptors (Lipinski definition) is 3. The van der Waals surface area contributed by atoms with Crippen LogP contribution in [0.2, 0.25) is 0 Å². The maximum Gasteiger partial charge on any atom is 0.335 e. The summed E-state index contributed by atoms with van der Waals surface area (Å²) >= 11 is 0. The molecule has 1 saturated carbocycles. The summed E-state index contributed by atoms with van der Waals surface area (Å²) in [7, 11) is 0. The van der Waals surface area contributed by atoms with Crippen molar-refractivity contribution in [3.63, 3.8) is 0 Å². The molecule has 1 saturated heterocycles. The summed E-state index contributed by atoms with van der Waals surface area (Å²) in [6.45, 7) is 4.76. The van der Waals surface area contributed by atoms with E-state index in [2.05, 4.69) is 24.5 Å². The zero-order valence-electron chi connectivity index (χ0n) is 20.8. The van der Waals surface area contributed by atoms with Gasteiger partial charge in [0.2, 0.25) is 5.91 Å². The average Bonchev–Trinajstić information content (AvgIpc) is 3.35. The SMILES string of the molecule is CC(C)c1ccc(NC(=O)N2CCC[C@@H]2C(=O)NC2CCC(c3ccc(C(=O)O)cc3F)CC2)cc1. The number of aromatic carboxylic acids is 1. The lowest BCUT2D eigenvalue weighted by atomic mass is 9.81. The Morgan fingerprint density at radius 3 is 2.31 bits per heavy atom. The second kappa shape index (κ2) is 11.1. The van der Waals surface area contributed by atoms with E-state index in [1.165, 1.54) is 11.6 Å². The molecule has 7 nitrogen and oxygen atoms in total. The monoisotopic (exact) mass is 495 g/mol. The summed E-state index contributed by atoms with van der Waals surface area (Å²) < 4.78 is 14.5. The minimum Gasteiger partial charge on any atom is -0.478 e. The van der Waals surface area contributed by atoms with Gasteiger partial charge in [-0.25, -0.2) is 14.0 Å². The second-order valence-electron chi connectivity index (χ2n) is 10.2. The molecule has 1 aliphatic heterocycles. The number of carboxylic acids is 1. The number of nitrogens with one attached hydrogen (secondary N) is 2. The van der Waals surface area contributed by atoms with Gasteiger partial charge < -0.3 is 20.6 Å². The predicted octanol–water partition coefficient (Wildman–Crippen LogP) is 5.49. The number of nitrogens with zero attached hydrogens (tertiary/aromatic N) is 1. The molecule has 2 aromatic rings. The van der Waals surface area contributed by atoms with Crippen LogP contribution in [0.5, 0.6) is 0 Å². The molecule has 2 aliphatic rings. The van der Waals surface area contributed by atoms with Gasteiger partial charge >= 0.3 is 12.0 Å². The van der Waals surface area contributed by atoms with Crippen molar-refractivity contribution in [2.75, 3.05) is 11.9 Å². The average molecular weight is 496 g/mol. The van der Waals surface area contributed by atoms with E-state index in [0.717, 1.165) is 12.5 Å². The molecule has 3 amide bonds. The van der Waals surface area contributed by atoms with Gasteiger partial charge in [0.25, 0.3) is 0 Å². The number of urea groups is 1. The maximum absolute atomic E-state index is 14.5. The summed E-state index contributed by atoms with van der Waals surface area (Å²) in [6, 6.07) is 11.0. The minimum atomic E-state index is -1.15. The van der Waals surface area contributed by atoms with Gasteiger partial charge in [-0.05, 0) is 85.8 Å². The number of anilines is 1. The van der Waals surface area contributed by atoms with Gasteiger partial charge in [-0.3, -0.25) is 4.79 Å². The number of hydrogen-bond donors (Lipinski definition) is 3. The van der Waals surface area contributed by atoms with E-state index < -0.39 is 17.8 Å². The third-order valence-electron chi connectivity index (χ3n) is 7.41. The molecule has 1 heterocycles. The third-order valence-corrected chi connectivity index (χ3v) is 7.41. The van der Waals surface area contributed by atoms with Crippen LogP contribution in [-0.2, 0) is 4.79 Å². The highest BCUT2D eigenvalue weighted by Crippen LogP contribution is 2.35. The normalized spacial score (nSPS) is 21.9. The molecule has 0 spiro atoms. The van der Waals surface area contributed by atoms with Crippen molar-refractivity contribution in [2.45, 2.75) is 76.3 Å². The topological polar surface area (TPSA) is 98.7 Å². The smallest absolute Gasteiger partial charge is 0.335 e. The van der Waals surface area contributed by atoms with Crippen LogP contribution in [0.4, 0.5) is 14.9 Å². The Hall–Kier alpha value is -3.42. The highest BCUT2D eigenvalue weighted by atomic mass is 19.1. The second-order valence-corrected chi connectivity index (χ2v) is 10.2. The molecule has 36 heavy (non-hydrogen) atoms. The zero-order chi connectivity index (χ0) is 25.8. The summed E-state index contributed by atoms with van der Waals surface area (Å²) in [4.78, 5) is 38.6. The zero-order valence-corrected chi connectivity index (χ0v) is 20.8. The third kappa shape index (κ3) is 5.86. The number of rotatable bonds is 6. The van der Waals surface area contributed by atoms with Gasteiger partial charge in [0.05, 0.1) is 5.56 Å². The van der Waals surface area contributed by atoms with Crippen LogP contribution in [0, 0.1) is 5.82 Å². The highest BCUT2D eigenvalue weighted by molar-refractivity contribution is 5.94. The fourth-order valence-electron chi connectivity index (χ4n) is 5.27. The summed E-state index contributed by atoms with van der Waals surface area (Å²) in [6.07, 6.45) is 4.22. The van der Waals surface area contributed by atoms with Crippen molar-refractivity contribution < 1.29 is 23.9 Å². The maximum atomic E-state index is 14.5. The Bertz CT molecular complexity index is 1110. The Labute approximate surface area is 211 Å². The molecular weight excluding hydrogens is 461 g/mol. The number of likely N-dealkylation sites (tertiary alicyclic amines) is 1. The molecule has 2 aromatic carbocycles. The number of carbonyl (C=O) groups excluding carboxylic acids is 2. The minimum absolute atomic E-state index is 0.00293. The fraction of sp³-hybridized carbons (Fsp3) is 0.464. The summed E-state index contributed by atoms with van der Waals surface area (Å²) in [5.74, 6) is -1.37. The standard InChI is InChI=1S/C28H34FN3O4/c1-17(2)18-5-10-22(11-6-18)31-28(36)32-15-3-4-25(32)26(33)30-21-12-7-19(8-13-21)23-14-9-20(27(34)35)16-24(23)29/h5-6,9-11,14,16-17,19,21,25H,3-4,7-8,12-13,15H2,1-2H3,(H,30,33)(H,31,36)(H,34,35)/t19?,21?,25-/m1/s1. The van der Waals surface area contributed by atoms with E-state index in [9.17, 15) is 18.8 Å². The van der Waals surface area contributed by atoms with Gasteiger partial charge in [0.1, 0.15) is 11.9 Å². The number of carboxylic acid groups (broad SMARTS) is 1. The van der Waals surface area contributed by atoms with Crippen LogP contribution in [-0.4, -0.2) is 46.5 Å². The van der Waals surface area contributed by atoms with Gasteiger partial charge in [0.15, 0.2) is 0 Å². The number of amides is 3. The first-order valence-electron chi connectivity index (χ1n) is 12.7. The lowest BCUT2D eigenvalue weighted by Crippen LogP contribution is -2.50. The fourth-order valence-corrected chi connectivity index (χ4v) is 5.27. The van der Waals surface area contributed by atoms with Gasteiger partial charge in [0, 0.05) is 18.3 Å². The molecule has 3 N–H and O–H groups in total. The van der Waals surface area contributed by atoms with Gasteiger partial charge in [-0.2, -0.15) is 0 Å². The van der Waals surface area contributed by atoms with Crippen LogP contribution < -0.4 is 10.6 Å². The van der Waals surface area contributed by atoms with E-state index in [0.29, 0.717) is 55.8 Å². The van der Waals surface area contributed by atoms with E-state index in [-0.39, 0.29) is 29.5 Å². The Kier molecular flexibility index (Phi) is 7.91. The number of halogens is 1. The van der Waals surface area contributed by atoms with Crippen LogP contribution in [0.15, 0.2) is 42.5 Å². The first-order chi connectivity index (χ1) is 17.2. The van der Waals surface area contributed by atoms with E-state index in [1.54, 1.807) is 11.0 Å². The highest BCUT2D eigenvalue weighted by Gasteiger charge is 2.36. The molecule has 0 unspecified atom stereocenters. The lowest BCUT2D eigenvalue weighted by molar-refractivity contribution is -0.125. The van der Waals surface area contributed by atoms with Crippen molar-refractivity contribution >= 4 is 23.6 Å². The molecule has 1 atom stereocenters. The molecule has 4 rings (SSSR count). The summed E-state index contributed by atoms with van der Waals surface area (Å²) in [5.41, 5.74) is 2.37. The molecule has 1 aliphatic carbocycles.